The van der Waals surface area contributed by atoms with Gasteiger partial charge in [-0.25, -0.2) is 0 Å². The first-order valence-corrected chi connectivity index (χ1v) is 5.14. The highest BCUT2D eigenvalue weighted by atomic mass is 16.5. The van der Waals surface area contributed by atoms with Crippen molar-refractivity contribution in [1.29, 1.82) is 0 Å². The first-order valence-electron chi connectivity index (χ1n) is 5.14. The van der Waals surface area contributed by atoms with Crippen molar-refractivity contribution in [2.24, 2.45) is 0 Å². The molecule has 0 N–H and O–H groups in total. The molecule has 0 aliphatic rings. The van der Waals surface area contributed by atoms with Crippen LogP contribution in [0.5, 0.6) is 0 Å². The Morgan fingerprint density at radius 1 is 1.08 bits per heavy atom. The summed E-state index contributed by atoms with van der Waals surface area (Å²) in [6.07, 6.45) is 7.90. The predicted octanol–water partition coefficient (Wildman–Crippen LogP) is 3.90. The van der Waals surface area contributed by atoms with Gasteiger partial charge in [0.1, 0.15) is 0 Å². The molecule has 0 unspecified atom stereocenters. The Morgan fingerprint density at radius 2 is 1.75 bits per heavy atom. The van der Waals surface area contributed by atoms with Crippen LogP contribution in [-0.2, 0) is 4.74 Å². The third-order valence-corrected chi connectivity index (χ3v) is 2.02. The van der Waals surface area contributed by atoms with E-state index in [-0.39, 0.29) is 0 Å². The average Bonchev–Trinajstić information content (AvgIpc) is 2.11. The van der Waals surface area contributed by atoms with E-state index >= 15 is 0 Å². The Bertz CT molecular complexity index is 110. The molecule has 0 heterocycles. The van der Waals surface area contributed by atoms with Crippen LogP contribution in [0.1, 0.15) is 52.9 Å². The van der Waals surface area contributed by atoms with Crippen molar-refractivity contribution in [2.75, 3.05) is 6.61 Å². The molecule has 0 aromatic carbocycles. The quantitative estimate of drug-likeness (QED) is 0.416. The second-order valence-corrected chi connectivity index (χ2v) is 3.06. The van der Waals surface area contributed by atoms with Crippen LogP contribution in [0.2, 0.25) is 0 Å². The van der Waals surface area contributed by atoms with Gasteiger partial charge in [-0.1, -0.05) is 33.6 Å². The van der Waals surface area contributed by atoms with Crippen LogP contribution >= 0.6 is 0 Å². The summed E-state index contributed by atoms with van der Waals surface area (Å²) < 4.78 is 5.42. The van der Waals surface area contributed by atoms with Gasteiger partial charge in [-0.2, -0.15) is 0 Å². The molecule has 0 aromatic heterocycles. The fraction of sp³-hybridized carbons (Fsp3) is 0.818. The molecule has 12 heavy (non-hydrogen) atoms. The van der Waals surface area contributed by atoms with E-state index in [2.05, 4.69) is 20.8 Å². The van der Waals surface area contributed by atoms with Gasteiger partial charge in [-0.3, -0.25) is 0 Å². The molecular weight excluding hydrogens is 148 g/mol. The van der Waals surface area contributed by atoms with Crippen molar-refractivity contribution in [1.82, 2.24) is 0 Å². The van der Waals surface area contributed by atoms with Gasteiger partial charge in [0, 0.05) is 0 Å². The lowest BCUT2D eigenvalue weighted by molar-refractivity contribution is 0.237. The number of hydrogen-bond donors (Lipinski definition) is 0. The molecule has 0 spiro atoms. The molecule has 0 aliphatic heterocycles. The Morgan fingerprint density at radius 3 is 2.25 bits per heavy atom. The Labute approximate surface area is 76.8 Å². The first kappa shape index (κ1) is 11.5. The zero-order chi connectivity index (χ0) is 9.23. The summed E-state index contributed by atoms with van der Waals surface area (Å²) in [6.45, 7) is 7.44. The van der Waals surface area contributed by atoms with Crippen LogP contribution in [0.3, 0.4) is 0 Å². The molecule has 0 radical (unpaired) electrons. The lowest BCUT2D eigenvalue weighted by Gasteiger charge is -2.02. The largest absolute Gasteiger partial charge is 0.501 e. The minimum Gasteiger partial charge on any atom is -0.501 e. The van der Waals surface area contributed by atoms with Crippen LogP contribution in [0.15, 0.2) is 11.8 Å². The van der Waals surface area contributed by atoms with E-state index in [0.717, 1.165) is 19.4 Å². The summed E-state index contributed by atoms with van der Waals surface area (Å²) in [5.74, 6) is 0. The van der Waals surface area contributed by atoms with E-state index in [1.54, 1.807) is 0 Å². The maximum atomic E-state index is 5.42. The first-order chi connectivity index (χ1) is 5.85. The van der Waals surface area contributed by atoms with Gasteiger partial charge in [0.15, 0.2) is 0 Å². The monoisotopic (exact) mass is 170 g/mol. The van der Waals surface area contributed by atoms with Crippen LogP contribution in [0.4, 0.5) is 0 Å². The molecule has 0 amide bonds. The fourth-order valence-corrected chi connectivity index (χ4v) is 1.03. The minimum absolute atomic E-state index is 0.886. The van der Waals surface area contributed by atoms with Gasteiger partial charge in [0.2, 0.25) is 0 Å². The predicted molar refractivity (Wildman–Crippen MR) is 54.1 cm³/mol. The fourth-order valence-electron chi connectivity index (χ4n) is 1.03. The maximum Gasteiger partial charge on any atom is 0.0873 e. The smallest absolute Gasteiger partial charge is 0.0873 e. The van der Waals surface area contributed by atoms with Gasteiger partial charge in [-0.05, 0) is 24.8 Å². The van der Waals surface area contributed by atoms with Gasteiger partial charge in [0.05, 0.1) is 12.9 Å². The van der Waals surface area contributed by atoms with Crippen molar-refractivity contribution in [2.45, 2.75) is 52.9 Å². The number of allylic oxidation sites excluding steroid dienone is 1. The van der Waals surface area contributed by atoms with E-state index in [4.69, 9.17) is 4.74 Å². The molecule has 1 nitrogen and oxygen atoms in total. The highest BCUT2D eigenvalue weighted by Crippen LogP contribution is 2.05. The van der Waals surface area contributed by atoms with Gasteiger partial charge >= 0.3 is 0 Å². The van der Waals surface area contributed by atoms with Gasteiger partial charge in [0.25, 0.3) is 0 Å². The van der Waals surface area contributed by atoms with Crippen LogP contribution in [-0.4, -0.2) is 6.61 Å². The molecule has 0 bridgehead atoms. The van der Waals surface area contributed by atoms with Crippen LogP contribution in [0.25, 0.3) is 0 Å². The van der Waals surface area contributed by atoms with E-state index < -0.39 is 0 Å². The molecule has 0 atom stereocenters. The second-order valence-electron chi connectivity index (χ2n) is 3.06. The van der Waals surface area contributed by atoms with Crippen LogP contribution < -0.4 is 0 Å². The highest BCUT2D eigenvalue weighted by Gasteiger charge is 1.89. The summed E-state index contributed by atoms with van der Waals surface area (Å²) in [7, 11) is 0. The summed E-state index contributed by atoms with van der Waals surface area (Å²) in [5, 5.41) is 0. The van der Waals surface area contributed by atoms with Gasteiger partial charge in [-0.15, -0.1) is 0 Å². The number of hydrogen-bond acceptors (Lipinski definition) is 1. The molecule has 0 rings (SSSR count). The van der Waals surface area contributed by atoms with Crippen molar-refractivity contribution < 1.29 is 4.74 Å². The minimum atomic E-state index is 0.886. The molecule has 0 aromatic rings. The molecule has 0 saturated carbocycles. The molecule has 72 valence electrons. The van der Waals surface area contributed by atoms with E-state index in [9.17, 15) is 0 Å². The molecule has 0 saturated heterocycles. The normalized spacial score (nSPS) is 9.58. The second kappa shape index (κ2) is 8.63. The number of rotatable bonds is 7. The van der Waals surface area contributed by atoms with E-state index in [1.807, 2.05) is 6.26 Å². The zero-order valence-corrected chi connectivity index (χ0v) is 8.73. The summed E-state index contributed by atoms with van der Waals surface area (Å²) in [6, 6.07) is 0. The van der Waals surface area contributed by atoms with Crippen LogP contribution in [0, 0.1) is 0 Å². The molecule has 0 aliphatic carbocycles. The Kier molecular flexibility index (Phi) is 8.30. The zero-order valence-electron chi connectivity index (χ0n) is 8.73. The third-order valence-electron chi connectivity index (χ3n) is 2.02. The molecule has 0 fully saturated rings. The Balaban J connectivity index is 3.31. The summed E-state index contributed by atoms with van der Waals surface area (Å²) >= 11 is 0. The standard InChI is InChI=1S/C11H22O/c1-4-7-8-9-12-10-11(5-2)6-3/h10H,4-9H2,1-3H3. The summed E-state index contributed by atoms with van der Waals surface area (Å²) in [5.41, 5.74) is 1.41. The Hall–Kier alpha value is -0.460. The number of unbranched alkanes of at least 4 members (excludes halogenated alkanes) is 2. The van der Waals surface area contributed by atoms with Gasteiger partial charge < -0.3 is 4.74 Å². The highest BCUT2D eigenvalue weighted by molar-refractivity contribution is 4.95. The number of ether oxygens (including phenoxy) is 1. The maximum absolute atomic E-state index is 5.42. The molecule has 1 heteroatoms. The third kappa shape index (κ3) is 6.26. The van der Waals surface area contributed by atoms with E-state index in [1.165, 1.54) is 24.8 Å². The molecular formula is C11H22O. The van der Waals surface area contributed by atoms with Crippen molar-refractivity contribution in [3.63, 3.8) is 0 Å². The SMILES string of the molecule is CCCCCOC=C(CC)CC. The topological polar surface area (TPSA) is 9.23 Å². The van der Waals surface area contributed by atoms with E-state index in [0.29, 0.717) is 0 Å². The summed E-state index contributed by atoms with van der Waals surface area (Å²) in [4.78, 5) is 0. The lowest BCUT2D eigenvalue weighted by Crippen LogP contribution is -1.89. The van der Waals surface area contributed by atoms with Crippen molar-refractivity contribution in [3.8, 4) is 0 Å². The average molecular weight is 170 g/mol. The van der Waals surface area contributed by atoms with Crippen molar-refractivity contribution in [3.05, 3.63) is 11.8 Å². The lowest BCUT2D eigenvalue weighted by atomic mass is 10.2. The van der Waals surface area contributed by atoms with Crippen molar-refractivity contribution >= 4 is 0 Å².